The van der Waals surface area contributed by atoms with Gasteiger partial charge in [0.1, 0.15) is 11.6 Å². The Hall–Kier alpha value is -1.34. The number of aliphatic hydroxyl groups excluding tert-OH is 1. The SMILES string of the molecule is CSCC(CCO)NC(=O)Nc1cc(F)cc(F)c1. The lowest BCUT2D eigenvalue weighted by molar-refractivity contribution is 0.241. The maximum absolute atomic E-state index is 12.9. The third-order valence-corrected chi connectivity index (χ3v) is 3.04. The van der Waals surface area contributed by atoms with Crippen molar-refractivity contribution in [3.63, 3.8) is 0 Å². The van der Waals surface area contributed by atoms with Gasteiger partial charge in [0.15, 0.2) is 0 Å². The number of hydrogen-bond acceptors (Lipinski definition) is 3. The minimum atomic E-state index is -0.758. The van der Waals surface area contributed by atoms with Crippen LogP contribution >= 0.6 is 11.8 Å². The number of benzene rings is 1. The van der Waals surface area contributed by atoms with E-state index in [2.05, 4.69) is 10.6 Å². The van der Waals surface area contributed by atoms with Gasteiger partial charge in [0.2, 0.25) is 0 Å². The largest absolute Gasteiger partial charge is 0.396 e. The number of carbonyl (C=O) groups is 1. The summed E-state index contributed by atoms with van der Waals surface area (Å²) in [6, 6.07) is 2.03. The molecule has 0 bridgehead atoms. The van der Waals surface area contributed by atoms with Gasteiger partial charge in [-0.05, 0) is 24.8 Å². The van der Waals surface area contributed by atoms with E-state index in [9.17, 15) is 13.6 Å². The molecular formula is C12H16F2N2O2S. The number of aliphatic hydroxyl groups is 1. The molecule has 0 saturated carbocycles. The van der Waals surface area contributed by atoms with Gasteiger partial charge in [0, 0.05) is 30.2 Å². The third-order valence-electron chi connectivity index (χ3n) is 2.30. The normalized spacial score (nSPS) is 12.0. The van der Waals surface area contributed by atoms with Crippen molar-refractivity contribution < 1.29 is 18.7 Å². The Morgan fingerprint density at radius 1 is 1.37 bits per heavy atom. The molecule has 106 valence electrons. The summed E-state index contributed by atoms with van der Waals surface area (Å²) in [7, 11) is 0. The lowest BCUT2D eigenvalue weighted by atomic mass is 10.2. The number of carbonyl (C=O) groups excluding carboxylic acids is 1. The molecule has 0 aliphatic carbocycles. The topological polar surface area (TPSA) is 61.4 Å². The second-order valence-corrected chi connectivity index (χ2v) is 4.83. The fourth-order valence-corrected chi connectivity index (χ4v) is 2.19. The van der Waals surface area contributed by atoms with Crippen LogP contribution in [0.1, 0.15) is 6.42 Å². The predicted molar refractivity (Wildman–Crippen MR) is 72.4 cm³/mol. The average Bonchev–Trinajstić information content (AvgIpc) is 2.27. The Morgan fingerprint density at radius 2 is 2.00 bits per heavy atom. The van der Waals surface area contributed by atoms with E-state index < -0.39 is 17.7 Å². The number of anilines is 1. The van der Waals surface area contributed by atoms with Gasteiger partial charge < -0.3 is 15.7 Å². The summed E-state index contributed by atoms with van der Waals surface area (Å²) in [5.41, 5.74) is 0.0434. The molecule has 0 aliphatic heterocycles. The first-order valence-corrected chi connectivity index (χ1v) is 7.08. The van der Waals surface area contributed by atoms with Crippen molar-refractivity contribution in [3.8, 4) is 0 Å². The highest BCUT2D eigenvalue weighted by molar-refractivity contribution is 7.98. The molecule has 3 N–H and O–H groups in total. The van der Waals surface area contributed by atoms with E-state index in [4.69, 9.17) is 5.11 Å². The minimum Gasteiger partial charge on any atom is -0.396 e. The average molecular weight is 290 g/mol. The molecule has 19 heavy (non-hydrogen) atoms. The second kappa shape index (κ2) is 7.96. The molecule has 1 rings (SSSR count). The van der Waals surface area contributed by atoms with Crippen LogP contribution in [0.3, 0.4) is 0 Å². The van der Waals surface area contributed by atoms with Crippen molar-refractivity contribution in [3.05, 3.63) is 29.8 Å². The number of amides is 2. The predicted octanol–water partition coefficient (Wildman–Crippen LogP) is 2.20. The van der Waals surface area contributed by atoms with Crippen LogP contribution in [-0.2, 0) is 0 Å². The van der Waals surface area contributed by atoms with Crippen molar-refractivity contribution in [2.45, 2.75) is 12.5 Å². The fourth-order valence-electron chi connectivity index (χ4n) is 1.53. The smallest absolute Gasteiger partial charge is 0.319 e. The molecule has 1 unspecified atom stereocenters. The van der Waals surface area contributed by atoms with Crippen molar-refractivity contribution in [1.29, 1.82) is 0 Å². The first-order valence-electron chi connectivity index (χ1n) is 5.68. The third kappa shape index (κ3) is 5.89. The summed E-state index contributed by atoms with van der Waals surface area (Å²) in [5.74, 6) is -0.872. The highest BCUT2D eigenvalue weighted by Crippen LogP contribution is 2.12. The van der Waals surface area contributed by atoms with E-state index in [1.165, 1.54) is 11.8 Å². The zero-order valence-corrected chi connectivity index (χ0v) is 11.3. The van der Waals surface area contributed by atoms with Crippen molar-refractivity contribution in [1.82, 2.24) is 5.32 Å². The van der Waals surface area contributed by atoms with Gasteiger partial charge in [0.25, 0.3) is 0 Å². The van der Waals surface area contributed by atoms with Gasteiger partial charge in [-0.1, -0.05) is 0 Å². The van der Waals surface area contributed by atoms with Gasteiger partial charge in [-0.25, -0.2) is 13.6 Å². The molecule has 0 heterocycles. The van der Waals surface area contributed by atoms with Gasteiger partial charge in [-0.2, -0.15) is 11.8 Å². The van der Waals surface area contributed by atoms with E-state index in [0.717, 1.165) is 18.2 Å². The zero-order chi connectivity index (χ0) is 14.3. The molecule has 0 radical (unpaired) electrons. The monoisotopic (exact) mass is 290 g/mol. The molecule has 1 atom stereocenters. The minimum absolute atomic E-state index is 0.0416. The molecule has 0 fully saturated rings. The van der Waals surface area contributed by atoms with Crippen molar-refractivity contribution in [2.24, 2.45) is 0 Å². The summed E-state index contributed by atoms with van der Waals surface area (Å²) < 4.78 is 25.9. The second-order valence-electron chi connectivity index (χ2n) is 3.92. The Kier molecular flexibility index (Phi) is 6.58. The van der Waals surface area contributed by atoms with Gasteiger partial charge >= 0.3 is 6.03 Å². The van der Waals surface area contributed by atoms with Crippen LogP contribution in [0.25, 0.3) is 0 Å². The van der Waals surface area contributed by atoms with E-state index in [0.29, 0.717) is 12.2 Å². The maximum atomic E-state index is 12.9. The molecule has 1 aromatic carbocycles. The van der Waals surface area contributed by atoms with Crippen LogP contribution in [0.15, 0.2) is 18.2 Å². The van der Waals surface area contributed by atoms with Gasteiger partial charge in [-0.3, -0.25) is 0 Å². The van der Waals surface area contributed by atoms with Crippen LogP contribution < -0.4 is 10.6 Å². The molecule has 2 amide bonds. The Labute approximate surface area is 114 Å². The van der Waals surface area contributed by atoms with Gasteiger partial charge in [-0.15, -0.1) is 0 Å². The maximum Gasteiger partial charge on any atom is 0.319 e. The quantitative estimate of drug-likeness (QED) is 0.752. The lowest BCUT2D eigenvalue weighted by Gasteiger charge is -2.17. The Balaban J connectivity index is 2.58. The van der Waals surface area contributed by atoms with Gasteiger partial charge in [0.05, 0.1) is 0 Å². The molecule has 0 spiro atoms. The summed E-state index contributed by atoms with van der Waals surface area (Å²) in [6.45, 7) is -0.0416. The van der Waals surface area contributed by atoms with Crippen LogP contribution in [-0.4, -0.2) is 35.8 Å². The molecule has 0 saturated heterocycles. The van der Waals surface area contributed by atoms with E-state index >= 15 is 0 Å². The van der Waals surface area contributed by atoms with E-state index in [1.54, 1.807) is 0 Å². The Morgan fingerprint density at radius 3 is 2.53 bits per heavy atom. The number of nitrogens with one attached hydrogen (secondary N) is 2. The van der Waals surface area contributed by atoms with Crippen molar-refractivity contribution in [2.75, 3.05) is 23.9 Å². The highest BCUT2D eigenvalue weighted by atomic mass is 32.2. The number of halogens is 2. The fraction of sp³-hybridized carbons (Fsp3) is 0.417. The van der Waals surface area contributed by atoms with Crippen molar-refractivity contribution >= 4 is 23.5 Å². The summed E-state index contributed by atoms with van der Waals surface area (Å²) in [4.78, 5) is 11.6. The summed E-state index contributed by atoms with van der Waals surface area (Å²) in [5, 5.41) is 13.8. The molecule has 0 aromatic heterocycles. The van der Waals surface area contributed by atoms with Crippen LogP contribution in [0.5, 0.6) is 0 Å². The number of thioether (sulfide) groups is 1. The first kappa shape index (κ1) is 15.7. The summed E-state index contributed by atoms with van der Waals surface area (Å²) >= 11 is 1.53. The standard InChI is InChI=1S/C12H16F2N2O2S/c1-19-7-10(2-3-17)15-12(18)16-11-5-8(13)4-9(14)6-11/h4-6,10,17H,2-3,7H2,1H3,(H2,15,16,18). The molecule has 7 heteroatoms. The zero-order valence-electron chi connectivity index (χ0n) is 10.5. The van der Waals surface area contributed by atoms with Crippen LogP contribution in [0.4, 0.5) is 19.3 Å². The lowest BCUT2D eigenvalue weighted by Crippen LogP contribution is -2.40. The molecular weight excluding hydrogens is 274 g/mol. The summed E-state index contributed by atoms with van der Waals surface area (Å²) in [6.07, 6.45) is 2.30. The number of hydrogen-bond donors (Lipinski definition) is 3. The highest BCUT2D eigenvalue weighted by Gasteiger charge is 2.12. The first-order chi connectivity index (χ1) is 9.05. The van der Waals surface area contributed by atoms with Crippen LogP contribution in [0, 0.1) is 11.6 Å². The molecule has 0 aliphatic rings. The van der Waals surface area contributed by atoms with E-state index in [-0.39, 0.29) is 18.3 Å². The number of rotatable bonds is 6. The Bertz CT molecular complexity index is 406. The van der Waals surface area contributed by atoms with Crippen LogP contribution in [0.2, 0.25) is 0 Å². The number of urea groups is 1. The molecule has 1 aromatic rings. The van der Waals surface area contributed by atoms with E-state index in [1.807, 2.05) is 6.26 Å². The molecule has 4 nitrogen and oxygen atoms in total.